The molecule has 0 unspecified atom stereocenters. The third-order valence-corrected chi connectivity index (χ3v) is 6.85. The van der Waals surface area contributed by atoms with E-state index in [1.54, 1.807) is 4.90 Å². The van der Waals surface area contributed by atoms with Gasteiger partial charge in [-0.3, -0.25) is 4.79 Å². The lowest BCUT2D eigenvalue weighted by Gasteiger charge is -2.27. The molecule has 42 heavy (non-hydrogen) atoms. The molecule has 1 aromatic heterocycles. The molecule has 4 rings (SSSR count). The van der Waals surface area contributed by atoms with Crippen molar-refractivity contribution >= 4 is 28.7 Å². The first-order valence-electron chi connectivity index (χ1n) is 16.3. The number of aromatic nitrogens is 1. The highest BCUT2D eigenvalue weighted by atomic mass is 16.7. The average Bonchev–Trinajstić information content (AvgIpc) is 3.47. The van der Waals surface area contributed by atoms with Crippen LogP contribution in [-0.2, 0) is 9.47 Å². The van der Waals surface area contributed by atoms with Crippen LogP contribution in [-0.4, -0.2) is 42.2 Å². The van der Waals surface area contributed by atoms with Crippen LogP contribution in [0.5, 0.6) is 0 Å². The van der Waals surface area contributed by atoms with Gasteiger partial charge in [0.15, 0.2) is 11.5 Å². The number of hydrogen-bond donors (Lipinski definition) is 1. The monoisotopic (exact) mass is 579 g/mol. The van der Waals surface area contributed by atoms with Crippen LogP contribution in [0, 0.1) is 0 Å². The van der Waals surface area contributed by atoms with Gasteiger partial charge < -0.3 is 19.7 Å². The molecule has 1 saturated carbocycles. The Morgan fingerprint density at radius 3 is 2.24 bits per heavy atom. The second kappa shape index (κ2) is 21.4. The Balaban J connectivity index is 0.000000775. The van der Waals surface area contributed by atoms with Crippen LogP contribution in [0.25, 0.3) is 17.0 Å². The number of fused-ring (bicyclic) bond motifs is 1. The quantitative estimate of drug-likeness (QED) is 0.284. The van der Waals surface area contributed by atoms with Crippen molar-refractivity contribution < 1.29 is 14.3 Å². The smallest absolute Gasteiger partial charge is 0.254 e. The van der Waals surface area contributed by atoms with Crippen LogP contribution in [0.3, 0.4) is 0 Å². The highest BCUT2D eigenvalue weighted by Crippen LogP contribution is 2.28. The maximum absolute atomic E-state index is 13.2. The predicted molar refractivity (Wildman–Crippen MR) is 181 cm³/mol. The summed E-state index contributed by atoms with van der Waals surface area (Å²) in [6, 6.07) is 8.39. The molecule has 1 aromatic carbocycles. The number of carbonyl (C=O) groups is 1. The molecule has 1 amide bonds. The zero-order valence-electron chi connectivity index (χ0n) is 27.9. The summed E-state index contributed by atoms with van der Waals surface area (Å²) in [5, 5.41) is 4.35. The van der Waals surface area contributed by atoms with Crippen LogP contribution in [0.4, 0.5) is 5.82 Å². The maximum atomic E-state index is 13.2. The van der Waals surface area contributed by atoms with Crippen molar-refractivity contribution in [2.24, 2.45) is 0 Å². The van der Waals surface area contributed by atoms with Crippen molar-refractivity contribution in [3.63, 3.8) is 0 Å². The van der Waals surface area contributed by atoms with E-state index < -0.39 is 0 Å². The first-order chi connectivity index (χ1) is 20.5. The van der Waals surface area contributed by atoms with Crippen molar-refractivity contribution in [3.8, 4) is 0 Å². The number of anilines is 1. The van der Waals surface area contributed by atoms with Gasteiger partial charge in [0.1, 0.15) is 5.82 Å². The second-order valence-electron chi connectivity index (χ2n) is 9.99. The van der Waals surface area contributed by atoms with E-state index in [9.17, 15) is 4.79 Å². The average molecular weight is 580 g/mol. The van der Waals surface area contributed by atoms with Crippen LogP contribution in [0.15, 0.2) is 54.0 Å². The lowest BCUT2D eigenvalue weighted by atomic mass is 9.93. The van der Waals surface area contributed by atoms with Crippen LogP contribution in [0.1, 0.15) is 123 Å². The van der Waals surface area contributed by atoms with E-state index >= 15 is 0 Å². The molecule has 6 heteroatoms. The van der Waals surface area contributed by atoms with Gasteiger partial charge in [0.2, 0.25) is 6.79 Å². The van der Waals surface area contributed by atoms with Gasteiger partial charge in [-0.1, -0.05) is 92.4 Å². The molecule has 1 saturated heterocycles. The Hall–Kier alpha value is -3.28. The fourth-order valence-electron chi connectivity index (χ4n) is 4.40. The van der Waals surface area contributed by atoms with Gasteiger partial charge in [-0.2, -0.15) is 0 Å². The Bertz CT molecular complexity index is 1150. The van der Waals surface area contributed by atoms with E-state index in [0.29, 0.717) is 11.6 Å². The molecular weight excluding hydrogens is 522 g/mol. The number of carbonyl (C=O) groups excluding carboxylic acids is 1. The zero-order valence-corrected chi connectivity index (χ0v) is 27.9. The van der Waals surface area contributed by atoms with E-state index in [2.05, 4.69) is 26.1 Å². The number of rotatable bonds is 10. The molecule has 2 heterocycles. The third-order valence-electron chi connectivity index (χ3n) is 6.85. The fourth-order valence-corrected chi connectivity index (χ4v) is 4.40. The number of amides is 1. The van der Waals surface area contributed by atoms with Gasteiger partial charge in [-0.15, -0.1) is 0 Å². The number of unbranched alkanes of at least 4 members (excludes halogenated alkanes) is 3. The van der Waals surface area contributed by atoms with Crippen molar-refractivity contribution in [1.82, 2.24) is 9.88 Å². The van der Waals surface area contributed by atoms with Gasteiger partial charge >= 0.3 is 0 Å². The Morgan fingerprint density at radius 2 is 1.67 bits per heavy atom. The van der Waals surface area contributed by atoms with E-state index in [0.717, 1.165) is 59.6 Å². The van der Waals surface area contributed by atoms with Gasteiger partial charge in [-0.25, -0.2) is 4.98 Å². The summed E-state index contributed by atoms with van der Waals surface area (Å²) in [7, 11) is 1.86. The molecule has 2 aromatic rings. The minimum atomic E-state index is 0.0217. The molecule has 1 aliphatic heterocycles. The molecule has 0 spiro atoms. The minimum absolute atomic E-state index is 0.0217. The molecule has 1 N–H and O–H groups in total. The number of hydrogen-bond acceptors (Lipinski definition) is 5. The number of pyridine rings is 1. The minimum Gasteiger partial charge on any atom is -0.454 e. The van der Waals surface area contributed by atoms with Crippen molar-refractivity contribution in [1.29, 1.82) is 0 Å². The summed E-state index contributed by atoms with van der Waals surface area (Å²) >= 11 is 0. The topological polar surface area (TPSA) is 63.7 Å². The fraction of sp³-hybridized carbons (Fsp3) is 0.556. The molecule has 0 radical (unpaired) electrons. The molecule has 0 atom stereocenters. The molecule has 2 aliphatic rings. The SMILES string of the molecule is C/C=C1/OCO/C1=C/C=C/c1ccc2nc(NC3CCC3)cc(C(=O)N(C)CCC)c2c1.CC.CC.CCCCCC. The molecule has 6 nitrogen and oxygen atoms in total. The number of allylic oxidation sites excluding steroid dienone is 3. The second-order valence-corrected chi connectivity index (χ2v) is 9.99. The van der Waals surface area contributed by atoms with Gasteiger partial charge in [-0.05, 0) is 68.5 Å². The highest BCUT2D eigenvalue weighted by Gasteiger charge is 2.21. The first-order valence-corrected chi connectivity index (χ1v) is 16.3. The van der Waals surface area contributed by atoms with Gasteiger partial charge in [0, 0.05) is 25.0 Å². The largest absolute Gasteiger partial charge is 0.454 e. The maximum Gasteiger partial charge on any atom is 0.254 e. The molecule has 1 aliphatic carbocycles. The predicted octanol–water partition coefficient (Wildman–Crippen LogP) is 10.1. The normalized spacial score (nSPS) is 15.8. The summed E-state index contributed by atoms with van der Waals surface area (Å²) in [6.45, 7) is 17.4. The summed E-state index contributed by atoms with van der Waals surface area (Å²) in [6.07, 6.45) is 17.7. The Morgan fingerprint density at radius 1 is 1.00 bits per heavy atom. The summed E-state index contributed by atoms with van der Waals surface area (Å²) in [5.74, 6) is 2.26. The number of benzene rings is 1. The highest BCUT2D eigenvalue weighted by molar-refractivity contribution is 6.07. The first kappa shape index (κ1) is 36.7. The van der Waals surface area contributed by atoms with Crippen molar-refractivity contribution in [3.05, 3.63) is 65.1 Å². The third kappa shape index (κ3) is 11.5. The van der Waals surface area contributed by atoms with Crippen LogP contribution >= 0.6 is 0 Å². The van der Waals surface area contributed by atoms with Gasteiger partial charge in [0.05, 0.1) is 11.1 Å². The van der Waals surface area contributed by atoms with E-state index in [1.807, 2.05) is 90.2 Å². The standard InChI is InChI=1S/C26H31N3O3.C6H14.2C2H6/c1-4-14-29(3)26(30)21-16-25(27-19-9-7-10-19)28-22-13-12-18(15-20(21)22)8-6-11-24-23(5-2)31-17-32-24;1-3-5-6-4-2;2*1-2/h5-6,8,11-13,15-16,19H,4,7,9-10,14,17H2,1-3H3,(H,27,28);3-6H2,1-2H3;2*1-2H3/b8-6+,23-5+,24-11+;;;. The number of nitrogens with one attached hydrogen (secondary N) is 1. The van der Waals surface area contributed by atoms with Gasteiger partial charge in [0.25, 0.3) is 5.91 Å². The lowest BCUT2D eigenvalue weighted by Crippen LogP contribution is -2.29. The summed E-state index contributed by atoms with van der Waals surface area (Å²) in [4.78, 5) is 19.8. The molecule has 0 bridgehead atoms. The van der Waals surface area contributed by atoms with Crippen molar-refractivity contribution in [2.75, 3.05) is 25.7 Å². The molecule has 2 fully saturated rings. The molecular formula is C36H57N3O3. The van der Waals surface area contributed by atoms with Crippen molar-refractivity contribution in [2.45, 2.75) is 113 Å². The molecule has 234 valence electrons. The van der Waals surface area contributed by atoms with Crippen LogP contribution in [0.2, 0.25) is 0 Å². The number of ether oxygens (including phenoxy) is 2. The van der Waals surface area contributed by atoms with E-state index in [4.69, 9.17) is 14.5 Å². The summed E-state index contributed by atoms with van der Waals surface area (Å²) < 4.78 is 10.9. The lowest BCUT2D eigenvalue weighted by molar-refractivity contribution is 0.0797. The Kier molecular flexibility index (Phi) is 18.7. The van der Waals surface area contributed by atoms with E-state index in [-0.39, 0.29) is 12.7 Å². The Labute approximate surface area is 256 Å². The summed E-state index contributed by atoms with van der Waals surface area (Å²) in [5.41, 5.74) is 2.50. The zero-order chi connectivity index (χ0) is 31.3. The van der Waals surface area contributed by atoms with E-state index in [1.165, 1.54) is 32.1 Å². The number of nitrogens with zero attached hydrogens (tertiary/aromatic N) is 2. The van der Waals surface area contributed by atoms with Crippen LogP contribution < -0.4 is 5.32 Å².